The molecule has 2 amide bonds. The third-order valence-corrected chi connectivity index (χ3v) is 3.10. The van der Waals surface area contributed by atoms with Crippen LogP contribution in [0.25, 0.3) is 12.2 Å². The van der Waals surface area contributed by atoms with Crippen LogP contribution in [0, 0.1) is 0 Å². The fourth-order valence-electron chi connectivity index (χ4n) is 2.24. The van der Waals surface area contributed by atoms with Crippen LogP contribution < -0.4 is 10.4 Å². The van der Waals surface area contributed by atoms with Crippen LogP contribution in [0.5, 0.6) is 0 Å². The summed E-state index contributed by atoms with van der Waals surface area (Å²) >= 11 is 0. The predicted molar refractivity (Wildman–Crippen MR) is 74.3 cm³/mol. The van der Waals surface area contributed by atoms with Crippen LogP contribution in [0.15, 0.2) is 48.5 Å². The summed E-state index contributed by atoms with van der Waals surface area (Å²) in [5.41, 5.74) is 5.00. The van der Waals surface area contributed by atoms with Crippen molar-refractivity contribution in [3.63, 3.8) is 0 Å². The summed E-state index contributed by atoms with van der Waals surface area (Å²) in [6, 6.07) is 14.5. The molecule has 2 aromatic rings. The van der Waals surface area contributed by atoms with Crippen molar-refractivity contribution in [1.29, 1.82) is 0 Å². The van der Waals surface area contributed by atoms with E-state index >= 15 is 0 Å². The maximum absolute atomic E-state index is 12.0. The van der Waals surface area contributed by atoms with Gasteiger partial charge < -0.3 is 0 Å². The number of rotatable bonds is 0. The molecular weight excluding hydrogens is 240 g/mol. The Morgan fingerprint density at radius 3 is 1.84 bits per heavy atom. The minimum Gasteiger partial charge on any atom is -0.287 e. The van der Waals surface area contributed by atoms with Gasteiger partial charge in [0.25, 0.3) is 0 Å². The Morgan fingerprint density at radius 2 is 1.37 bits per heavy atom. The van der Waals surface area contributed by atoms with Gasteiger partial charge in [-0.05, 0) is 23.3 Å². The van der Waals surface area contributed by atoms with E-state index in [2.05, 4.69) is 0 Å². The number of carbonyl (C=O) groups excluding carboxylic acids is 1. The van der Waals surface area contributed by atoms with E-state index in [1.807, 2.05) is 60.7 Å². The second kappa shape index (κ2) is 4.59. The maximum atomic E-state index is 12.0. The third-order valence-electron chi connectivity index (χ3n) is 3.10. The second-order valence-electron chi connectivity index (χ2n) is 4.20. The Kier molecular flexibility index (Phi) is 2.78. The minimum absolute atomic E-state index is 0.580. The van der Waals surface area contributed by atoms with Gasteiger partial charge in [-0.1, -0.05) is 48.6 Å². The number of hydrogen-bond acceptors (Lipinski definition) is 2. The predicted octanol–water partition coefficient (Wildman–Crippen LogP) is 3.41. The molecular formula is C15H12N2O2. The zero-order valence-corrected chi connectivity index (χ0v) is 10.1. The lowest BCUT2D eigenvalue weighted by Gasteiger charge is -2.23. The average Bonchev–Trinajstić information content (AvgIpc) is 2.63. The summed E-state index contributed by atoms with van der Waals surface area (Å²) in [4.78, 5) is 13.4. The monoisotopic (exact) mass is 252 g/mol. The largest absolute Gasteiger partial charge is 0.350 e. The minimum atomic E-state index is -0.580. The van der Waals surface area contributed by atoms with E-state index in [4.69, 9.17) is 5.21 Å². The molecule has 0 spiro atoms. The highest BCUT2D eigenvalue weighted by Gasteiger charge is 2.22. The molecule has 0 saturated carbocycles. The fourth-order valence-corrected chi connectivity index (χ4v) is 2.24. The van der Waals surface area contributed by atoms with E-state index < -0.39 is 6.03 Å². The van der Waals surface area contributed by atoms with Gasteiger partial charge in [0.2, 0.25) is 0 Å². The van der Waals surface area contributed by atoms with Crippen molar-refractivity contribution in [2.45, 2.75) is 0 Å². The number of hydrogen-bond donors (Lipinski definition) is 2. The highest BCUT2D eigenvalue weighted by atomic mass is 16.5. The average molecular weight is 252 g/mol. The molecule has 3 rings (SSSR count). The number of amides is 2. The second-order valence-corrected chi connectivity index (χ2v) is 4.20. The van der Waals surface area contributed by atoms with Crippen LogP contribution in [0.3, 0.4) is 0 Å². The molecule has 2 aromatic carbocycles. The van der Waals surface area contributed by atoms with Gasteiger partial charge >= 0.3 is 6.03 Å². The first-order valence-corrected chi connectivity index (χ1v) is 5.91. The SMILES string of the molecule is O=C(NO)N1c2ccccc2C=Cc2ccccc21. The van der Waals surface area contributed by atoms with E-state index in [9.17, 15) is 4.79 Å². The van der Waals surface area contributed by atoms with Gasteiger partial charge in [-0.3, -0.25) is 10.1 Å². The van der Waals surface area contributed by atoms with E-state index in [0.29, 0.717) is 0 Å². The van der Waals surface area contributed by atoms with E-state index in [0.717, 1.165) is 22.5 Å². The molecule has 0 fully saturated rings. The van der Waals surface area contributed by atoms with Gasteiger partial charge in [-0.25, -0.2) is 10.3 Å². The summed E-state index contributed by atoms with van der Waals surface area (Å²) < 4.78 is 0. The molecule has 0 radical (unpaired) electrons. The molecule has 94 valence electrons. The number of hydroxylamine groups is 1. The van der Waals surface area contributed by atoms with Crippen molar-refractivity contribution in [1.82, 2.24) is 5.48 Å². The van der Waals surface area contributed by atoms with E-state index in [-0.39, 0.29) is 0 Å². The molecule has 4 nitrogen and oxygen atoms in total. The molecule has 4 heteroatoms. The molecule has 0 aliphatic carbocycles. The number of nitrogens with one attached hydrogen (secondary N) is 1. The molecule has 1 heterocycles. The van der Waals surface area contributed by atoms with Crippen molar-refractivity contribution < 1.29 is 10.0 Å². The number of fused-ring (bicyclic) bond motifs is 2. The fraction of sp³-hybridized carbons (Fsp3) is 0. The van der Waals surface area contributed by atoms with Gasteiger partial charge in [0, 0.05) is 0 Å². The number of urea groups is 1. The molecule has 1 aliphatic heterocycles. The van der Waals surface area contributed by atoms with Gasteiger partial charge in [0.15, 0.2) is 0 Å². The summed E-state index contributed by atoms with van der Waals surface area (Å²) in [5.74, 6) is 0. The zero-order chi connectivity index (χ0) is 13.2. The molecule has 19 heavy (non-hydrogen) atoms. The Hall–Kier alpha value is -2.59. The van der Waals surface area contributed by atoms with Gasteiger partial charge in [0.1, 0.15) is 0 Å². The first-order chi connectivity index (χ1) is 9.31. The van der Waals surface area contributed by atoms with Crippen LogP contribution in [-0.4, -0.2) is 11.2 Å². The van der Waals surface area contributed by atoms with Crippen LogP contribution in [0.4, 0.5) is 16.2 Å². The standard InChI is InChI=1S/C15H12N2O2/c18-15(16-19)17-13-7-3-1-5-11(13)9-10-12-6-2-4-8-14(12)17/h1-10,19H,(H,16,18). The zero-order valence-electron chi connectivity index (χ0n) is 10.1. The molecule has 0 atom stereocenters. The van der Waals surface area contributed by atoms with Crippen molar-refractivity contribution >= 4 is 29.6 Å². The third kappa shape index (κ3) is 1.88. The highest BCUT2D eigenvalue weighted by molar-refractivity contribution is 6.05. The molecule has 1 aliphatic rings. The summed E-state index contributed by atoms with van der Waals surface area (Å²) in [7, 11) is 0. The molecule has 2 N–H and O–H groups in total. The number of para-hydroxylation sites is 2. The summed E-state index contributed by atoms with van der Waals surface area (Å²) in [6.07, 6.45) is 3.91. The first kappa shape index (κ1) is 11.5. The number of carbonyl (C=O) groups is 1. The van der Waals surface area contributed by atoms with E-state index in [1.165, 1.54) is 4.90 Å². The lowest BCUT2D eigenvalue weighted by Crippen LogP contribution is -2.35. The smallest absolute Gasteiger partial charge is 0.287 e. The summed E-state index contributed by atoms with van der Waals surface area (Å²) in [5, 5.41) is 8.97. The number of benzene rings is 2. The Labute approximate surface area is 110 Å². The Bertz CT molecular complexity index is 615. The van der Waals surface area contributed by atoms with Crippen LogP contribution in [-0.2, 0) is 0 Å². The molecule has 0 saturated heterocycles. The van der Waals surface area contributed by atoms with Gasteiger partial charge in [-0.15, -0.1) is 0 Å². The van der Waals surface area contributed by atoms with Crippen molar-refractivity contribution in [3.05, 3.63) is 59.7 Å². The lowest BCUT2D eigenvalue weighted by atomic mass is 10.1. The molecule has 0 aromatic heterocycles. The van der Waals surface area contributed by atoms with Crippen LogP contribution in [0.1, 0.15) is 11.1 Å². The highest BCUT2D eigenvalue weighted by Crippen LogP contribution is 2.35. The topological polar surface area (TPSA) is 52.6 Å². The molecule has 0 bridgehead atoms. The van der Waals surface area contributed by atoms with E-state index in [1.54, 1.807) is 5.48 Å². The number of nitrogens with zero attached hydrogens (tertiary/aromatic N) is 1. The quantitative estimate of drug-likeness (QED) is 0.557. The normalized spacial score (nSPS) is 12.4. The van der Waals surface area contributed by atoms with Crippen LogP contribution >= 0.6 is 0 Å². The van der Waals surface area contributed by atoms with Crippen LogP contribution in [0.2, 0.25) is 0 Å². The Balaban J connectivity index is 2.27. The maximum Gasteiger partial charge on any atom is 0.350 e. The van der Waals surface area contributed by atoms with Gasteiger partial charge in [0.05, 0.1) is 11.4 Å². The Morgan fingerprint density at radius 1 is 0.895 bits per heavy atom. The number of anilines is 2. The lowest BCUT2D eigenvalue weighted by molar-refractivity contribution is 0.168. The molecule has 0 unspecified atom stereocenters. The van der Waals surface area contributed by atoms with Crippen molar-refractivity contribution in [2.24, 2.45) is 0 Å². The van der Waals surface area contributed by atoms with Gasteiger partial charge in [-0.2, -0.15) is 0 Å². The first-order valence-electron chi connectivity index (χ1n) is 5.91. The summed E-state index contributed by atoms with van der Waals surface area (Å²) in [6.45, 7) is 0. The van der Waals surface area contributed by atoms with Crippen molar-refractivity contribution in [2.75, 3.05) is 4.90 Å². The van der Waals surface area contributed by atoms with Crippen molar-refractivity contribution in [3.8, 4) is 0 Å².